The van der Waals surface area contributed by atoms with Gasteiger partial charge in [-0.05, 0) is 19.8 Å². The lowest BCUT2D eigenvalue weighted by Crippen LogP contribution is -2.52. The van der Waals surface area contributed by atoms with Gasteiger partial charge in [0.1, 0.15) is 11.3 Å². The Morgan fingerprint density at radius 2 is 1.72 bits per heavy atom. The molecule has 0 aromatic carbocycles. The third-order valence-corrected chi connectivity index (χ3v) is 4.67. The van der Waals surface area contributed by atoms with E-state index < -0.39 is 33.0 Å². The molecule has 1 N–H and O–H groups in total. The van der Waals surface area contributed by atoms with E-state index >= 15 is 0 Å². The van der Waals surface area contributed by atoms with E-state index in [9.17, 15) is 18.0 Å². The van der Waals surface area contributed by atoms with Crippen LogP contribution < -0.4 is 0 Å². The van der Waals surface area contributed by atoms with E-state index in [1.54, 1.807) is 0 Å². The summed E-state index contributed by atoms with van der Waals surface area (Å²) in [6.45, 7) is 5.96. The minimum Gasteiger partial charge on any atom is -0.480 e. The van der Waals surface area contributed by atoms with Crippen molar-refractivity contribution in [1.29, 1.82) is 0 Å². The Bertz CT molecular complexity index is 425. The van der Waals surface area contributed by atoms with E-state index in [1.807, 2.05) is 13.8 Å². The van der Waals surface area contributed by atoms with Crippen molar-refractivity contribution in [3.05, 3.63) is 0 Å². The summed E-state index contributed by atoms with van der Waals surface area (Å²) in [7, 11) is -3.60. The van der Waals surface area contributed by atoms with E-state index in [0.717, 1.165) is 11.2 Å². The average molecular weight is 279 g/mol. The quantitative estimate of drug-likeness (QED) is 0.759. The van der Waals surface area contributed by atoms with Crippen LogP contribution >= 0.6 is 0 Å². The van der Waals surface area contributed by atoms with Crippen molar-refractivity contribution >= 4 is 21.7 Å². The fourth-order valence-corrected chi connectivity index (χ4v) is 1.81. The Labute approximate surface area is 108 Å². The number of carbonyl (C=O) groups is 2. The molecule has 0 aromatic rings. The highest BCUT2D eigenvalue weighted by molar-refractivity contribution is 7.92. The maximum absolute atomic E-state index is 12.2. The largest absolute Gasteiger partial charge is 0.480 e. The molecule has 0 unspecified atom stereocenters. The van der Waals surface area contributed by atoms with Crippen LogP contribution in [0.4, 0.5) is 0 Å². The first kappa shape index (κ1) is 16.9. The number of hydrogen-bond acceptors (Lipinski definition) is 4. The Morgan fingerprint density at radius 1 is 1.28 bits per heavy atom. The van der Waals surface area contributed by atoms with Crippen molar-refractivity contribution in [2.24, 2.45) is 5.92 Å². The van der Waals surface area contributed by atoms with Gasteiger partial charge in [-0.3, -0.25) is 9.59 Å². The van der Waals surface area contributed by atoms with Crippen molar-refractivity contribution in [2.75, 3.05) is 19.3 Å². The number of rotatable bonds is 6. The molecule has 0 saturated heterocycles. The number of carboxylic acids is 1. The molecular formula is C11H21NO5S. The third-order valence-electron chi connectivity index (χ3n) is 2.64. The molecule has 0 rings (SSSR count). The van der Waals surface area contributed by atoms with E-state index in [2.05, 4.69) is 0 Å². The lowest BCUT2D eigenvalue weighted by molar-refractivity contribution is -0.145. The summed E-state index contributed by atoms with van der Waals surface area (Å²) in [6.07, 6.45) is 0.971. The van der Waals surface area contributed by atoms with E-state index in [-0.39, 0.29) is 12.5 Å². The number of amides is 1. The maximum Gasteiger partial charge on any atom is 0.323 e. The van der Waals surface area contributed by atoms with Crippen molar-refractivity contribution in [2.45, 2.75) is 32.4 Å². The molecule has 0 spiro atoms. The van der Waals surface area contributed by atoms with Crippen molar-refractivity contribution in [3.63, 3.8) is 0 Å². The van der Waals surface area contributed by atoms with Crippen LogP contribution in [0.1, 0.15) is 27.7 Å². The molecular weight excluding hydrogens is 258 g/mol. The summed E-state index contributed by atoms with van der Waals surface area (Å²) >= 11 is 0. The molecule has 0 aromatic heterocycles. The zero-order valence-electron chi connectivity index (χ0n) is 11.4. The van der Waals surface area contributed by atoms with E-state index in [4.69, 9.17) is 5.11 Å². The van der Waals surface area contributed by atoms with Gasteiger partial charge in [-0.15, -0.1) is 0 Å². The topological polar surface area (TPSA) is 91.8 Å². The van der Waals surface area contributed by atoms with Gasteiger partial charge in [-0.25, -0.2) is 8.42 Å². The molecule has 0 saturated carbocycles. The first-order valence-corrected chi connectivity index (χ1v) is 7.49. The highest BCUT2D eigenvalue weighted by atomic mass is 32.2. The molecule has 0 fully saturated rings. The van der Waals surface area contributed by atoms with Gasteiger partial charge in [0, 0.05) is 12.8 Å². The van der Waals surface area contributed by atoms with Crippen LogP contribution in [0, 0.1) is 5.92 Å². The fourth-order valence-electron chi connectivity index (χ4n) is 1.36. The van der Waals surface area contributed by atoms with Gasteiger partial charge in [0.05, 0.1) is 0 Å². The molecule has 0 bridgehead atoms. The van der Waals surface area contributed by atoms with Crippen LogP contribution in [0.2, 0.25) is 0 Å². The summed E-state index contributed by atoms with van der Waals surface area (Å²) in [5.41, 5.74) is 0. The second kappa shape index (κ2) is 5.69. The van der Waals surface area contributed by atoms with Crippen LogP contribution in [-0.2, 0) is 19.4 Å². The Balaban J connectivity index is 5.25. The number of sulfone groups is 1. The van der Waals surface area contributed by atoms with Crippen molar-refractivity contribution < 1.29 is 23.1 Å². The summed E-state index contributed by atoms with van der Waals surface area (Å²) in [5.74, 6) is -1.78. The minimum atomic E-state index is -3.60. The van der Waals surface area contributed by atoms with Crippen molar-refractivity contribution in [3.8, 4) is 0 Å². The van der Waals surface area contributed by atoms with Crippen LogP contribution in [0.5, 0.6) is 0 Å². The number of aliphatic carboxylic acids is 1. The van der Waals surface area contributed by atoms with E-state index in [1.165, 1.54) is 13.8 Å². The predicted molar refractivity (Wildman–Crippen MR) is 68.0 cm³/mol. The van der Waals surface area contributed by atoms with Crippen LogP contribution in [-0.4, -0.2) is 54.4 Å². The van der Waals surface area contributed by atoms with Crippen LogP contribution in [0.25, 0.3) is 0 Å². The Morgan fingerprint density at radius 3 is 2.00 bits per heavy atom. The van der Waals surface area contributed by atoms with Gasteiger partial charge in [0.2, 0.25) is 5.91 Å². The lowest BCUT2D eigenvalue weighted by Gasteiger charge is -2.30. The molecule has 7 heteroatoms. The summed E-state index contributed by atoms with van der Waals surface area (Å²) in [4.78, 5) is 24.0. The number of hydrogen-bond donors (Lipinski definition) is 1. The summed E-state index contributed by atoms with van der Waals surface area (Å²) < 4.78 is 21.5. The molecule has 0 heterocycles. The predicted octanol–water partition coefficient (Wildman–Crippen LogP) is 0.379. The zero-order chi connectivity index (χ0) is 14.7. The molecule has 0 atom stereocenters. The van der Waals surface area contributed by atoms with Gasteiger partial charge >= 0.3 is 5.97 Å². The smallest absolute Gasteiger partial charge is 0.323 e. The van der Waals surface area contributed by atoms with Crippen molar-refractivity contribution in [1.82, 2.24) is 4.90 Å². The van der Waals surface area contributed by atoms with E-state index in [0.29, 0.717) is 0 Å². The van der Waals surface area contributed by atoms with Crippen LogP contribution in [0.15, 0.2) is 0 Å². The van der Waals surface area contributed by atoms with Gasteiger partial charge in [0.25, 0.3) is 0 Å². The van der Waals surface area contributed by atoms with Gasteiger partial charge in [-0.2, -0.15) is 0 Å². The maximum atomic E-state index is 12.2. The second-order valence-electron chi connectivity index (χ2n) is 5.26. The fraction of sp³-hybridized carbons (Fsp3) is 0.818. The highest BCUT2D eigenvalue weighted by Gasteiger charge is 2.41. The molecule has 6 nitrogen and oxygen atoms in total. The second-order valence-corrected chi connectivity index (χ2v) is 7.82. The zero-order valence-corrected chi connectivity index (χ0v) is 12.2. The minimum absolute atomic E-state index is 0.0589. The first-order valence-electron chi connectivity index (χ1n) is 5.60. The SMILES string of the molecule is CC(C)CN(CC(=O)O)C(=O)C(C)(C)S(C)(=O)=O. The summed E-state index contributed by atoms with van der Waals surface area (Å²) in [5, 5.41) is 8.77. The molecule has 0 aliphatic heterocycles. The highest BCUT2D eigenvalue weighted by Crippen LogP contribution is 2.19. The Hall–Kier alpha value is -1.11. The van der Waals surface area contributed by atoms with Gasteiger partial charge in [-0.1, -0.05) is 13.8 Å². The molecule has 1 amide bonds. The molecule has 18 heavy (non-hydrogen) atoms. The third kappa shape index (κ3) is 4.29. The van der Waals surface area contributed by atoms with Crippen LogP contribution in [0.3, 0.4) is 0 Å². The molecule has 0 aliphatic rings. The first-order chi connectivity index (χ1) is 7.89. The lowest BCUT2D eigenvalue weighted by atomic mass is 10.1. The monoisotopic (exact) mass is 279 g/mol. The normalized spacial score (nSPS) is 12.6. The van der Waals surface area contributed by atoms with Gasteiger partial charge in [0.15, 0.2) is 9.84 Å². The number of carbonyl (C=O) groups excluding carboxylic acids is 1. The summed E-state index contributed by atoms with van der Waals surface area (Å²) in [6, 6.07) is 0. The number of nitrogens with zero attached hydrogens (tertiary/aromatic N) is 1. The molecule has 0 radical (unpaired) electrons. The Kier molecular flexibility index (Phi) is 5.34. The standard InChI is InChI=1S/C11H21NO5S/c1-8(2)6-12(7-9(13)14)10(15)11(3,4)18(5,16)17/h8H,6-7H2,1-5H3,(H,13,14). The molecule has 106 valence electrons. The molecule has 0 aliphatic carbocycles. The average Bonchev–Trinajstić information content (AvgIpc) is 2.12. The number of carboxylic acid groups (broad SMARTS) is 1. The van der Waals surface area contributed by atoms with Gasteiger partial charge < -0.3 is 10.0 Å².